The highest BCUT2D eigenvalue weighted by molar-refractivity contribution is 6.30. The van der Waals surface area contributed by atoms with Crippen molar-refractivity contribution in [1.82, 2.24) is 14.9 Å². The fraction of sp³-hybridized carbons (Fsp3) is 0.346. The second-order valence-electron chi connectivity index (χ2n) is 8.18. The molecule has 0 unspecified atom stereocenters. The van der Waals surface area contributed by atoms with E-state index in [1.807, 2.05) is 48.2 Å². The quantitative estimate of drug-likeness (QED) is 0.535. The number of aromatic nitrogens is 2. The summed E-state index contributed by atoms with van der Waals surface area (Å²) in [6.07, 6.45) is 1.59. The van der Waals surface area contributed by atoms with E-state index in [9.17, 15) is 4.79 Å². The number of ether oxygens (including phenoxy) is 1. The largest absolute Gasteiger partial charge is 0.497 e. The van der Waals surface area contributed by atoms with Gasteiger partial charge in [-0.05, 0) is 55.3 Å². The van der Waals surface area contributed by atoms with Gasteiger partial charge in [0.25, 0.3) is 5.91 Å². The monoisotopic (exact) mass is 464 g/mol. The molecule has 2 aromatic carbocycles. The lowest BCUT2D eigenvalue weighted by molar-refractivity contribution is 0.0746. The van der Waals surface area contributed by atoms with Gasteiger partial charge in [-0.25, -0.2) is 9.97 Å². The molecule has 0 aliphatic carbocycles. The topological polar surface area (TPSA) is 58.6 Å². The molecule has 0 N–H and O–H groups in total. The molecule has 1 aliphatic heterocycles. The highest BCUT2D eigenvalue weighted by atomic mass is 35.5. The molecule has 1 saturated heterocycles. The van der Waals surface area contributed by atoms with Crippen LogP contribution in [0, 0.1) is 6.92 Å². The third-order valence-electron chi connectivity index (χ3n) is 6.02. The van der Waals surface area contributed by atoms with Crippen LogP contribution in [0.15, 0.2) is 48.5 Å². The number of hydrogen-bond acceptors (Lipinski definition) is 5. The molecular weight excluding hydrogens is 436 g/mol. The minimum atomic E-state index is 0.0480. The number of nitrogens with zero attached hydrogens (tertiary/aromatic N) is 4. The number of anilines is 1. The van der Waals surface area contributed by atoms with Gasteiger partial charge in [0.05, 0.1) is 7.11 Å². The molecule has 1 fully saturated rings. The predicted octanol–water partition coefficient (Wildman–Crippen LogP) is 4.56. The van der Waals surface area contributed by atoms with E-state index in [0.29, 0.717) is 18.7 Å². The van der Waals surface area contributed by atoms with Gasteiger partial charge in [0.2, 0.25) is 0 Å². The fourth-order valence-corrected chi connectivity index (χ4v) is 4.34. The smallest absolute Gasteiger partial charge is 0.253 e. The van der Waals surface area contributed by atoms with Crippen LogP contribution >= 0.6 is 11.6 Å². The maximum absolute atomic E-state index is 13.0. The molecular formula is C26H29ClN4O2. The third-order valence-corrected chi connectivity index (χ3v) is 6.27. The first-order valence-corrected chi connectivity index (χ1v) is 11.7. The van der Waals surface area contributed by atoms with Gasteiger partial charge in [0.1, 0.15) is 17.4 Å². The summed E-state index contributed by atoms with van der Waals surface area (Å²) >= 11 is 6.07. The van der Waals surface area contributed by atoms with Crippen molar-refractivity contribution in [2.24, 2.45) is 0 Å². The number of methoxy groups -OCH3 is 1. The highest BCUT2D eigenvalue weighted by Gasteiger charge is 2.26. The van der Waals surface area contributed by atoms with Crippen molar-refractivity contribution in [3.63, 3.8) is 0 Å². The van der Waals surface area contributed by atoms with E-state index < -0.39 is 0 Å². The predicted molar refractivity (Wildman–Crippen MR) is 132 cm³/mol. The molecule has 0 saturated carbocycles. The van der Waals surface area contributed by atoms with Crippen molar-refractivity contribution in [1.29, 1.82) is 0 Å². The number of amides is 1. The summed E-state index contributed by atoms with van der Waals surface area (Å²) < 4.78 is 5.20. The van der Waals surface area contributed by atoms with Crippen LogP contribution in [0.4, 0.5) is 5.82 Å². The molecule has 1 aromatic heterocycles. The van der Waals surface area contributed by atoms with E-state index in [4.69, 9.17) is 26.3 Å². The second kappa shape index (κ2) is 10.2. The van der Waals surface area contributed by atoms with E-state index in [1.165, 1.54) is 5.56 Å². The Kier molecular flexibility index (Phi) is 7.14. The molecule has 4 rings (SSSR count). The molecule has 172 valence electrons. The number of carbonyl (C=O) groups excluding carboxylic acids is 1. The molecule has 7 heteroatoms. The summed E-state index contributed by atoms with van der Waals surface area (Å²) in [6.45, 7) is 6.83. The minimum absolute atomic E-state index is 0.0480. The molecule has 1 aliphatic rings. The average Bonchev–Trinajstić information content (AvgIpc) is 2.85. The first-order chi connectivity index (χ1) is 16.0. The van der Waals surface area contributed by atoms with Crippen LogP contribution in [0.1, 0.15) is 39.9 Å². The van der Waals surface area contributed by atoms with Crippen molar-refractivity contribution in [2.45, 2.75) is 26.7 Å². The Balaban J connectivity index is 1.52. The Labute approximate surface area is 200 Å². The molecule has 6 nitrogen and oxygen atoms in total. The summed E-state index contributed by atoms with van der Waals surface area (Å²) in [6, 6.07) is 15.2. The fourth-order valence-electron chi connectivity index (χ4n) is 4.22. The molecule has 0 spiro atoms. The van der Waals surface area contributed by atoms with Crippen LogP contribution in [-0.2, 0) is 12.8 Å². The molecule has 1 amide bonds. The van der Waals surface area contributed by atoms with Gasteiger partial charge in [0.15, 0.2) is 0 Å². The number of hydrogen-bond donors (Lipinski definition) is 0. The summed E-state index contributed by atoms with van der Waals surface area (Å²) in [7, 11) is 1.62. The molecule has 3 aromatic rings. The number of aryl methyl sites for hydroxylation is 2. The highest BCUT2D eigenvalue weighted by Crippen LogP contribution is 2.27. The first-order valence-electron chi connectivity index (χ1n) is 11.3. The first kappa shape index (κ1) is 23.1. The van der Waals surface area contributed by atoms with E-state index >= 15 is 0 Å². The number of piperazine rings is 1. The molecule has 2 heterocycles. The normalized spacial score (nSPS) is 13.8. The summed E-state index contributed by atoms with van der Waals surface area (Å²) in [5.41, 5.74) is 4.08. The van der Waals surface area contributed by atoms with E-state index in [2.05, 4.69) is 24.0 Å². The summed E-state index contributed by atoms with van der Waals surface area (Å²) in [5.74, 6) is 2.55. The van der Waals surface area contributed by atoms with Crippen LogP contribution < -0.4 is 9.64 Å². The number of benzene rings is 2. The van der Waals surface area contributed by atoms with Crippen LogP contribution in [0.5, 0.6) is 5.75 Å². The Morgan fingerprint density at radius 1 is 1.00 bits per heavy atom. The van der Waals surface area contributed by atoms with E-state index in [-0.39, 0.29) is 5.91 Å². The van der Waals surface area contributed by atoms with Crippen molar-refractivity contribution in [3.05, 3.63) is 81.8 Å². The average molecular weight is 465 g/mol. The lowest BCUT2D eigenvalue weighted by Gasteiger charge is -2.36. The maximum atomic E-state index is 13.0. The van der Waals surface area contributed by atoms with Crippen LogP contribution in [0.25, 0.3) is 0 Å². The van der Waals surface area contributed by atoms with Gasteiger partial charge >= 0.3 is 0 Å². The minimum Gasteiger partial charge on any atom is -0.497 e. The molecule has 33 heavy (non-hydrogen) atoms. The van der Waals surface area contributed by atoms with Gasteiger partial charge in [-0.15, -0.1) is 0 Å². The van der Waals surface area contributed by atoms with Crippen LogP contribution in [0.3, 0.4) is 0 Å². The Morgan fingerprint density at radius 3 is 2.27 bits per heavy atom. The number of rotatable bonds is 6. The SMILES string of the molecule is CCc1nc(C)nc(N2CCN(C(=O)c3ccc(OC)cc3)CC2)c1Cc1ccc(Cl)cc1. The van der Waals surface area contributed by atoms with Crippen molar-refractivity contribution < 1.29 is 9.53 Å². The summed E-state index contributed by atoms with van der Waals surface area (Å²) in [5, 5.41) is 0.729. The van der Waals surface area contributed by atoms with Gasteiger partial charge in [-0.2, -0.15) is 0 Å². The second-order valence-corrected chi connectivity index (χ2v) is 8.62. The summed E-state index contributed by atoms with van der Waals surface area (Å²) in [4.78, 5) is 26.7. The Hall–Kier alpha value is -3.12. The van der Waals surface area contributed by atoms with E-state index in [0.717, 1.165) is 59.6 Å². The molecule has 0 radical (unpaired) electrons. The lowest BCUT2D eigenvalue weighted by Crippen LogP contribution is -2.49. The molecule has 0 atom stereocenters. The maximum Gasteiger partial charge on any atom is 0.253 e. The van der Waals surface area contributed by atoms with Gasteiger partial charge in [0, 0.05) is 54.4 Å². The number of halogens is 1. The zero-order valence-electron chi connectivity index (χ0n) is 19.3. The van der Waals surface area contributed by atoms with Gasteiger partial charge < -0.3 is 14.5 Å². The zero-order chi connectivity index (χ0) is 23.4. The van der Waals surface area contributed by atoms with Gasteiger partial charge in [-0.3, -0.25) is 4.79 Å². The van der Waals surface area contributed by atoms with Crippen molar-refractivity contribution in [3.8, 4) is 5.75 Å². The third kappa shape index (κ3) is 5.28. The lowest BCUT2D eigenvalue weighted by atomic mass is 10.0. The van der Waals surface area contributed by atoms with Gasteiger partial charge in [-0.1, -0.05) is 30.7 Å². The van der Waals surface area contributed by atoms with Crippen LogP contribution in [0.2, 0.25) is 5.02 Å². The van der Waals surface area contributed by atoms with Crippen molar-refractivity contribution in [2.75, 3.05) is 38.2 Å². The van der Waals surface area contributed by atoms with Crippen LogP contribution in [-0.4, -0.2) is 54.1 Å². The van der Waals surface area contributed by atoms with E-state index in [1.54, 1.807) is 7.11 Å². The Bertz CT molecular complexity index is 1110. The van der Waals surface area contributed by atoms with Crippen molar-refractivity contribution >= 4 is 23.3 Å². The standard InChI is InChI=1S/C26H29ClN4O2/c1-4-24-23(17-19-5-9-21(27)10-6-19)25(29-18(2)28-24)30-13-15-31(16-14-30)26(32)20-7-11-22(33-3)12-8-20/h5-12H,4,13-17H2,1-3H3. The Morgan fingerprint density at radius 2 is 1.67 bits per heavy atom. The molecule has 0 bridgehead atoms. The zero-order valence-corrected chi connectivity index (χ0v) is 20.1. The number of carbonyl (C=O) groups is 1.